The van der Waals surface area contributed by atoms with Gasteiger partial charge < -0.3 is 5.11 Å². The van der Waals surface area contributed by atoms with E-state index < -0.39 is 10.0 Å². The van der Waals surface area contributed by atoms with Crippen molar-refractivity contribution in [1.29, 1.82) is 0 Å². The molecule has 144 valence electrons. The zero-order chi connectivity index (χ0) is 20.1. The maximum atomic E-state index is 12.7. The number of hydrogen-bond donors (Lipinski definition) is 1. The second-order valence-corrected chi connectivity index (χ2v) is 9.03. The maximum Gasteiger partial charge on any atom is 0.243 e. The molecule has 0 spiro atoms. The Morgan fingerprint density at radius 3 is 2.32 bits per heavy atom. The number of phenols is 1. The molecule has 0 bridgehead atoms. The SMILES string of the molecule is CN(Cc1ccccc1)S(=O)(=O)c1ccc(N=Nc2cc(Br)ccc2O)cc1. The van der Waals surface area contributed by atoms with E-state index >= 15 is 0 Å². The quantitative estimate of drug-likeness (QED) is 0.501. The van der Waals surface area contributed by atoms with Gasteiger partial charge in [0.15, 0.2) is 0 Å². The van der Waals surface area contributed by atoms with Crippen LogP contribution in [-0.2, 0) is 16.6 Å². The average molecular weight is 460 g/mol. The lowest BCUT2D eigenvalue weighted by Crippen LogP contribution is -2.26. The number of benzene rings is 3. The van der Waals surface area contributed by atoms with Crippen molar-refractivity contribution in [3.63, 3.8) is 0 Å². The highest BCUT2D eigenvalue weighted by atomic mass is 79.9. The van der Waals surface area contributed by atoms with Crippen LogP contribution in [0.1, 0.15) is 5.56 Å². The summed E-state index contributed by atoms with van der Waals surface area (Å²) in [6.07, 6.45) is 0. The predicted molar refractivity (Wildman–Crippen MR) is 112 cm³/mol. The molecule has 0 aliphatic heterocycles. The van der Waals surface area contributed by atoms with Gasteiger partial charge in [-0.15, -0.1) is 5.11 Å². The lowest BCUT2D eigenvalue weighted by atomic mass is 10.2. The van der Waals surface area contributed by atoms with Crippen molar-refractivity contribution in [3.8, 4) is 5.75 Å². The van der Waals surface area contributed by atoms with Crippen molar-refractivity contribution in [2.45, 2.75) is 11.4 Å². The van der Waals surface area contributed by atoms with Crippen LogP contribution in [0.25, 0.3) is 0 Å². The Kier molecular flexibility index (Phi) is 6.23. The third kappa shape index (κ3) is 4.83. The number of sulfonamides is 1. The summed E-state index contributed by atoms with van der Waals surface area (Å²) < 4.78 is 27.6. The Balaban J connectivity index is 1.76. The van der Waals surface area contributed by atoms with Crippen molar-refractivity contribution in [1.82, 2.24) is 4.31 Å². The minimum Gasteiger partial charge on any atom is -0.506 e. The summed E-state index contributed by atoms with van der Waals surface area (Å²) in [6, 6.07) is 20.4. The Labute approximate surface area is 172 Å². The number of aromatic hydroxyl groups is 1. The Morgan fingerprint density at radius 1 is 0.964 bits per heavy atom. The molecule has 28 heavy (non-hydrogen) atoms. The first-order valence-corrected chi connectivity index (χ1v) is 10.6. The van der Waals surface area contributed by atoms with Crippen LogP contribution in [0.15, 0.2) is 92.4 Å². The largest absolute Gasteiger partial charge is 0.506 e. The molecule has 0 aliphatic carbocycles. The second-order valence-electron chi connectivity index (χ2n) is 6.07. The molecule has 0 radical (unpaired) electrons. The summed E-state index contributed by atoms with van der Waals surface area (Å²) in [5.41, 5.74) is 1.70. The molecular formula is C20H18BrN3O3S. The van der Waals surface area contributed by atoms with E-state index in [4.69, 9.17) is 0 Å². The van der Waals surface area contributed by atoms with E-state index in [-0.39, 0.29) is 17.2 Å². The Hall–Kier alpha value is -2.55. The molecule has 1 N–H and O–H groups in total. The molecule has 8 heteroatoms. The molecule has 0 aliphatic rings. The monoisotopic (exact) mass is 459 g/mol. The number of nitrogens with zero attached hydrogens (tertiary/aromatic N) is 3. The van der Waals surface area contributed by atoms with E-state index in [0.717, 1.165) is 10.0 Å². The highest BCUT2D eigenvalue weighted by molar-refractivity contribution is 9.10. The average Bonchev–Trinajstić information content (AvgIpc) is 2.69. The molecule has 0 heterocycles. The van der Waals surface area contributed by atoms with Crippen molar-refractivity contribution in [2.24, 2.45) is 10.2 Å². The standard InChI is InChI=1S/C20H18BrN3O3S/c1-24(14-15-5-3-2-4-6-15)28(26,27)18-10-8-17(9-11-18)22-23-19-13-16(21)7-12-20(19)25/h2-13,25H,14H2,1H3. The van der Waals surface area contributed by atoms with Gasteiger partial charge in [0, 0.05) is 18.1 Å². The third-order valence-electron chi connectivity index (χ3n) is 4.00. The van der Waals surface area contributed by atoms with Gasteiger partial charge in [0.2, 0.25) is 10.0 Å². The van der Waals surface area contributed by atoms with Gasteiger partial charge in [-0.2, -0.15) is 9.42 Å². The van der Waals surface area contributed by atoms with Gasteiger partial charge in [0.1, 0.15) is 11.4 Å². The van der Waals surface area contributed by atoms with Crippen LogP contribution in [0.5, 0.6) is 5.75 Å². The van der Waals surface area contributed by atoms with Gasteiger partial charge in [0.25, 0.3) is 0 Å². The van der Waals surface area contributed by atoms with E-state index in [9.17, 15) is 13.5 Å². The Bertz CT molecular complexity index is 1090. The van der Waals surface area contributed by atoms with Crippen LogP contribution in [0.3, 0.4) is 0 Å². The lowest BCUT2D eigenvalue weighted by molar-refractivity contribution is 0.466. The number of halogens is 1. The van der Waals surface area contributed by atoms with Crippen LogP contribution in [0.2, 0.25) is 0 Å². The maximum absolute atomic E-state index is 12.7. The zero-order valence-corrected chi connectivity index (χ0v) is 17.4. The molecule has 0 saturated heterocycles. The number of rotatable bonds is 6. The first-order chi connectivity index (χ1) is 13.4. The summed E-state index contributed by atoms with van der Waals surface area (Å²) in [4.78, 5) is 0.176. The van der Waals surface area contributed by atoms with E-state index in [1.807, 2.05) is 30.3 Å². The molecular weight excluding hydrogens is 442 g/mol. The molecule has 0 atom stereocenters. The predicted octanol–water partition coefficient (Wildman–Crippen LogP) is 5.39. The number of azo groups is 1. The molecule has 0 fully saturated rings. The minimum atomic E-state index is -3.62. The molecule has 3 aromatic carbocycles. The second kappa shape index (κ2) is 8.64. The topological polar surface area (TPSA) is 82.3 Å². The fourth-order valence-electron chi connectivity index (χ4n) is 2.48. The molecule has 6 nitrogen and oxygen atoms in total. The normalized spacial score (nSPS) is 12.0. The Morgan fingerprint density at radius 2 is 1.64 bits per heavy atom. The van der Waals surface area contributed by atoms with Gasteiger partial charge >= 0.3 is 0 Å². The van der Waals surface area contributed by atoms with Crippen molar-refractivity contribution in [2.75, 3.05) is 7.05 Å². The molecule has 0 amide bonds. The fourth-order valence-corrected chi connectivity index (χ4v) is 3.99. The summed E-state index contributed by atoms with van der Waals surface area (Å²) in [6.45, 7) is 0.285. The van der Waals surface area contributed by atoms with E-state index in [2.05, 4.69) is 26.2 Å². The summed E-state index contributed by atoms with van der Waals surface area (Å²) in [7, 11) is -2.07. The zero-order valence-electron chi connectivity index (χ0n) is 15.0. The number of phenolic OH excluding ortho intramolecular Hbond substituents is 1. The van der Waals surface area contributed by atoms with Crippen LogP contribution in [0.4, 0.5) is 11.4 Å². The summed E-state index contributed by atoms with van der Waals surface area (Å²) in [5, 5.41) is 17.8. The van der Waals surface area contributed by atoms with Gasteiger partial charge in [-0.3, -0.25) is 0 Å². The van der Waals surface area contributed by atoms with Gasteiger partial charge in [-0.25, -0.2) is 8.42 Å². The minimum absolute atomic E-state index is 0.00804. The van der Waals surface area contributed by atoms with E-state index in [1.54, 1.807) is 31.3 Å². The van der Waals surface area contributed by atoms with Crippen LogP contribution < -0.4 is 0 Å². The molecule has 0 unspecified atom stereocenters. The van der Waals surface area contributed by atoms with Crippen molar-refractivity contribution < 1.29 is 13.5 Å². The van der Waals surface area contributed by atoms with Gasteiger partial charge in [0.05, 0.1) is 10.6 Å². The third-order valence-corrected chi connectivity index (χ3v) is 6.31. The number of hydrogen-bond acceptors (Lipinski definition) is 5. The molecule has 3 rings (SSSR count). The van der Waals surface area contributed by atoms with Gasteiger partial charge in [-0.1, -0.05) is 46.3 Å². The molecule has 0 saturated carbocycles. The van der Waals surface area contributed by atoms with Crippen molar-refractivity contribution in [3.05, 3.63) is 82.8 Å². The fraction of sp³-hybridized carbons (Fsp3) is 0.100. The first kappa shape index (κ1) is 20.2. The van der Waals surface area contributed by atoms with Gasteiger partial charge in [-0.05, 0) is 48.0 Å². The highest BCUT2D eigenvalue weighted by Gasteiger charge is 2.20. The van der Waals surface area contributed by atoms with Crippen LogP contribution >= 0.6 is 15.9 Å². The summed E-state index contributed by atoms with van der Waals surface area (Å²) >= 11 is 3.31. The molecule has 0 aromatic heterocycles. The highest BCUT2D eigenvalue weighted by Crippen LogP contribution is 2.31. The van der Waals surface area contributed by atoms with E-state index in [0.29, 0.717) is 11.4 Å². The molecule has 3 aromatic rings. The van der Waals surface area contributed by atoms with Crippen LogP contribution in [0, 0.1) is 0 Å². The first-order valence-electron chi connectivity index (χ1n) is 8.37. The summed E-state index contributed by atoms with van der Waals surface area (Å²) in [5.74, 6) is 0.00804. The van der Waals surface area contributed by atoms with Crippen LogP contribution in [-0.4, -0.2) is 24.9 Å². The lowest BCUT2D eigenvalue weighted by Gasteiger charge is -2.17. The van der Waals surface area contributed by atoms with Crippen molar-refractivity contribution >= 4 is 37.3 Å². The van der Waals surface area contributed by atoms with E-state index in [1.165, 1.54) is 22.5 Å². The smallest absolute Gasteiger partial charge is 0.243 e.